The summed E-state index contributed by atoms with van der Waals surface area (Å²) in [5.41, 5.74) is 0.464. The number of thioether (sulfide) groups is 1. The van der Waals surface area contributed by atoms with Crippen molar-refractivity contribution in [3.05, 3.63) is 23.8 Å². The lowest BCUT2D eigenvalue weighted by atomic mass is 10.2. The summed E-state index contributed by atoms with van der Waals surface area (Å²) in [6, 6.07) is 0. The fourth-order valence-electron chi connectivity index (χ4n) is 1.08. The van der Waals surface area contributed by atoms with Crippen molar-refractivity contribution in [1.29, 1.82) is 0 Å². The van der Waals surface area contributed by atoms with Crippen LogP contribution in [0, 0.1) is 0 Å². The van der Waals surface area contributed by atoms with Crippen molar-refractivity contribution in [2.75, 3.05) is 12.4 Å². The van der Waals surface area contributed by atoms with Gasteiger partial charge in [0.15, 0.2) is 0 Å². The molecule has 0 aliphatic rings. The molecule has 0 spiro atoms. The molecule has 0 aliphatic heterocycles. The van der Waals surface area contributed by atoms with Crippen LogP contribution in [0.4, 0.5) is 0 Å². The smallest absolute Gasteiger partial charge is 0.339 e. The van der Waals surface area contributed by atoms with E-state index < -0.39 is 5.97 Å². The molecule has 1 rings (SSSR count). The van der Waals surface area contributed by atoms with Crippen molar-refractivity contribution in [3.8, 4) is 0 Å². The van der Waals surface area contributed by atoms with Crippen molar-refractivity contribution in [2.45, 2.75) is 12.7 Å². The Morgan fingerprint density at radius 1 is 1.53 bits per heavy atom. The number of hydrogen-bond acceptors (Lipinski definition) is 6. The monoisotopic (exact) mass is 256 g/mol. The largest absolute Gasteiger partial charge is 0.478 e. The van der Waals surface area contributed by atoms with Gasteiger partial charge in [0.1, 0.15) is 11.9 Å². The van der Waals surface area contributed by atoms with Gasteiger partial charge < -0.3 is 9.84 Å². The molecule has 0 radical (unpaired) electrons. The van der Waals surface area contributed by atoms with E-state index in [1.54, 1.807) is 6.92 Å². The number of hydrogen-bond donors (Lipinski definition) is 1. The van der Waals surface area contributed by atoms with Crippen LogP contribution in [-0.2, 0) is 15.3 Å². The highest BCUT2D eigenvalue weighted by Crippen LogP contribution is 2.13. The fourth-order valence-corrected chi connectivity index (χ4v) is 1.86. The van der Waals surface area contributed by atoms with Crippen molar-refractivity contribution in [1.82, 2.24) is 9.97 Å². The predicted molar refractivity (Wildman–Crippen MR) is 61.8 cm³/mol. The van der Waals surface area contributed by atoms with Crippen LogP contribution in [-0.4, -0.2) is 39.4 Å². The van der Waals surface area contributed by atoms with Gasteiger partial charge in [-0.2, -0.15) is 0 Å². The number of carbonyl (C=O) groups excluding carboxylic acids is 1. The number of carbonyl (C=O) groups is 2. The standard InChI is InChI=1S/C10H12N2O4S/c1-2-16-9(13)5-17-4-8-7(10(14)15)3-11-6-12-8/h3,6H,2,4-5H2,1H3,(H,14,15). The first-order chi connectivity index (χ1) is 8.15. The number of aromatic carboxylic acids is 1. The number of esters is 1. The molecule has 1 N–H and O–H groups in total. The molecule has 0 bridgehead atoms. The zero-order valence-electron chi connectivity index (χ0n) is 9.25. The van der Waals surface area contributed by atoms with Gasteiger partial charge in [-0.1, -0.05) is 0 Å². The van der Waals surface area contributed by atoms with Gasteiger partial charge in [0.2, 0.25) is 0 Å². The Morgan fingerprint density at radius 2 is 2.29 bits per heavy atom. The summed E-state index contributed by atoms with van der Waals surface area (Å²) in [6.07, 6.45) is 2.53. The van der Waals surface area contributed by atoms with E-state index in [0.717, 1.165) is 0 Å². The van der Waals surface area contributed by atoms with Crippen molar-refractivity contribution in [3.63, 3.8) is 0 Å². The predicted octanol–water partition coefficient (Wildman–Crippen LogP) is 0.971. The van der Waals surface area contributed by atoms with E-state index in [0.29, 0.717) is 18.1 Å². The molecule has 7 heteroatoms. The van der Waals surface area contributed by atoms with Crippen molar-refractivity contribution < 1.29 is 19.4 Å². The van der Waals surface area contributed by atoms with Crippen LogP contribution in [0.1, 0.15) is 23.0 Å². The first kappa shape index (κ1) is 13.4. The van der Waals surface area contributed by atoms with E-state index in [1.165, 1.54) is 24.3 Å². The molecule has 0 fully saturated rings. The zero-order valence-corrected chi connectivity index (χ0v) is 10.1. The minimum Gasteiger partial charge on any atom is -0.478 e. The average molecular weight is 256 g/mol. The zero-order chi connectivity index (χ0) is 12.7. The molecule has 92 valence electrons. The fraction of sp³-hybridized carbons (Fsp3) is 0.400. The first-order valence-corrected chi connectivity index (χ1v) is 6.06. The van der Waals surface area contributed by atoms with Crippen LogP contribution in [0.2, 0.25) is 0 Å². The van der Waals surface area contributed by atoms with Crippen LogP contribution in [0.25, 0.3) is 0 Å². The van der Waals surface area contributed by atoms with Crippen LogP contribution in [0.5, 0.6) is 0 Å². The molecule has 6 nitrogen and oxygen atoms in total. The van der Waals surface area contributed by atoms with Gasteiger partial charge in [-0.05, 0) is 6.92 Å². The molecule has 0 unspecified atom stereocenters. The lowest BCUT2D eigenvalue weighted by molar-refractivity contribution is -0.139. The molecule has 0 atom stereocenters. The molecule has 0 aromatic carbocycles. The Hall–Kier alpha value is -1.63. The lowest BCUT2D eigenvalue weighted by Crippen LogP contribution is -2.08. The Morgan fingerprint density at radius 3 is 2.94 bits per heavy atom. The van der Waals surface area contributed by atoms with Gasteiger partial charge in [0.25, 0.3) is 0 Å². The Kier molecular flexibility index (Phi) is 5.41. The Balaban J connectivity index is 2.52. The number of carboxylic acids is 1. The summed E-state index contributed by atoms with van der Waals surface area (Å²) in [5.74, 6) is -0.874. The van der Waals surface area contributed by atoms with Gasteiger partial charge in [-0.25, -0.2) is 14.8 Å². The number of rotatable bonds is 6. The SMILES string of the molecule is CCOC(=O)CSCc1ncncc1C(=O)O. The van der Waals surface area contributed by atoms with Gasteiger partial charge in [0, 0.05) is 11.9 Å². The highest BCUT2D eigenvalue weighted by molar-refractivity contribution is 7.99. The van der Waals surface area contributed by atoms with E-state index >= 15 is 0 Å². The van der Waals surface area contributed by atoms with E-state index in [-0.39, 0.29) is 17.3 Å². The van der Waals surface area contributed by atoms with E-state index in [9.17, 15) is 9.59 Å². The highest BCUT2D eigenvalue weighted by atomic mass is 32.2. The number of aromatic nitrogens is 2. The summed E-state index contributed by atoms with van der Waals surface area (Å²) < 4.78 is 4.75. The van der Waals surface area contributed by atoms with Crippen LogP contribution >= 0.6 is 11.8 Å². The summed E-state index contributed by atoms with van der Waals surface area (Å²) in [6.45, 7) is 2.07. The second-order valence-corrected chi connectivity index (χ2v) is 3.97. The summed E-state index contributed by atoms with van der Waals surface area (Å²) >= 11 is 1.26. The third-order valence-electron chi connectivity index (χ3n) is 1.79. The molecule has 0 saturated carbocycles. The molecular weight excluding hydrogens is 244 g/mol. The minimum absolute atomic E-state index is 0.0591. The minimum atomic E-state index is -1.07. The van der Waals surface area contributed by atoms with Crippen LogP contribution < -0.4 is 0 Å². The van der Waals surface area contributed by atoms with Crippen LogP contribution in [0.15, 0.2) is 12.5 Å². The van der Waals surface area contributed by atoms with Crippen molar-refractivity contribution >= 4 is 23.7 Å². The molecule has 0 amide bonds. The normalized spacial score (nSPS) is 9.94. The number of ether oxygens (including phenoxy) is 1. The molecule has 1 heterocycles. The third-order valence-corrected chi connectivity index (χ3v) is 2.71. The summed E-state index contributed by atoms with van der Waals surface area (Å²) in [7, 11) is 0. The van der Waals surface area contributed by atoms with Gasteiger partial charge in [0.05, 0.1) is 18.1 Å². The Bertz CT molecular complexity index is 411. The Labute approximate surface area is 102 Å². The summed E-state index contributed by atoms with van der Waals surface area (Å²) in [4.78, 5) is 29.4. The van der Waals surface area contributed by atoms with Crippen LogP contribution in [0.3, 0.4) is 0 Å². The quantitative estimate of drug-likeness (QED) is 0.758. The molecule has 0 saturated heterocycles. The maximum Gasteiger partial charge on any atom is 0.339 e. The second-order valence-electron chi connectivity index (χ2n) is 2.99. The van der Waals surface area contributed by atoms with Gasteiger partial charge in [-0.3, -0.25) is 4.79 Å². The number of carboxylic acid groups (broad SMARTS) is 1. The topological polar surface area (TPSA) is 89.4 Å². The van der Waals surface area contributed by atoms with E-state index in [4.69, 9.17) is 9.84 Å². The van der Waals surface area contributed by atoms with Crippen molar-refractivity contribution in [2.24, 2.45) is 0 Å². The molecular formula is C10H12N2O4S. The highest BCUT2D eigenvalue weighted by Gasteiger charge is 2.12. The maximum atomic E-state index is 11.1. The molecule has 1 aromatic rings. The van der Waals surface area contributed by atoms with Gasteiger partial charge in [-0.15, -0.1) is 11.8 Å². The molecule has 0 aliphatic carbocycles. The third kappa shape index (κ3) is 4.39. The van der Waals surface area contributed by atoms with E-state index in [1.807, 2.05) is 0 Å². The second kappa shape index (κ2) is 6.85. The summed E-state index contributed by atoms with van der Waals surface area (Å²) in [5, 5.41) is 8.88. The number of nitrogens with zero attached hydrogens (tertiary/aromatic N) is 2. The average Bonchev–Trinajstić information content (AvgIpc) is 2.30. The lowest BCUT2D eigenvalue weighted by Gasteiger charge is -2.04. The molecule has 17 heavy (non-hydrogen) atoms. The van der Waals surface area contributed by atoms with E-state index in [2.05, 4.69) is 9.97 Å². The maximum absolute atomic E-state index is 11.1. The molecule has 1 aromatic heterocycles. The first-order valence-electron chi connectivity index (χ1n) is 4.90. The van der Waals surface area contributed by atoms with Gasteiger partial charge >= 0.3 is 11.9 Å².